The van der Waals surface area contributed by atoms with Gasteiger partial charge in [-0.25, -0.2) is 9.59 Å². The molecule has 1 aromatic rings. The van der Waals surface area contributed by atoms with Crippen molar-refractivity contribution in [2.45, 2.75) is 26.8 Å². The highest BCUT2D eigenvalue weighted by Gasteiger charge is 2.36. The number of carbonyl (C=O) groups is 3. The molecule has 1 unspecified atom stereocenters. The molecule has 0 saturated carbocycles. The van der Waals surface area contributed by atoms with E-state index >= 15 is 0 Å². The molecule has 2 heterocycles. The summed E-state index contributed by atoms with van der Waals surface area (Å²) in [7, 11) is 0. The van der Waals surface area contributed by atoms with Crippen molar-refractivity contribution in [3.8, 4) is 0 Å². The molecule has 27 heavy (non-hydrogen) atoms. The third-order valence-corrected chi connectivity index (χ3v) is 4.19. The van der Waals surface area contributed by atoms with Crippen LogP contribution >= 0.6 is 0 Å². The van der Waals surface area contributed by atoms with E-state index in [0.29, 0.717) is 31.1 Å². The lowest BCUT2D eigenvalue weighted by molar-refractivity contribution is -0.885. The molecule has 0 aromatic carbocycles. The van der Waals surface area contributed by atoms with Crippen LogP contribution in [0, 0.1) is 0 Å². The van der Waals surface area contributed by atoms with Gasteiger partial charge < -0.3 is 30.0 Å². The van der Waals surface area contributed by atoms with E-state index in [9.17, 15) is 14.4 Å². The number of likely N-dealkylation sites (N-methyl/N-ethyl adjacent to an activating group) is 2. The SMILES string of the molecule is CCNC(=O)C[NH+](CC)CC1=C(C(=O)OCC)[C@@H](c2ccco2)NC(=O)N1. The van der Waals surface area contributed by atoms with Crippen molar-refractivity contribution in [2.24, 2.45) is 0 Å². The lowest BCUT2D eigenvalue weighted by Crippen LogP contribution is -3.13. The minimum atomic E-state index is -0.745. The highest BCUT2D eigenvalue weighted by Crippen LogP contribution is 2.27. The number of urea groups is 1. The Kier molecular flexibility index (Phi) is 7.42. The smallest absolute Gasteiger partial charge is 0.338 e. The van der Waals surface area contributed by atoms with Gasteiger partial charge in [0.2, 0.25) is 0 Å². The summed E-state index contributed by atoms with van der Waals surface area (Å²) in [6.07, 6.45) is 1.48. The largest absolute Gasteiger partial charge is 0.467 e. The maximum Gasteiger partial charge on any atom is 0.338 e. The summed E-state index contributed by atoms with van der Waals surface area (Å²) < 4.78 is 10.6. The van der Waals surface area contributed by atoms with Gasteiger partial charge in [-0.05, 0) is 32.9 Å². The molecular weight excluding hydrogens is 352 g/mol. The molecule has 0 aliphatic carbocycles. The van der Waals surface area contributed by atoms with Crippen molar-refractivity contribution in [3.63, 3.8) is 0 Å². The monoisotopic (exact) mass is 379 g/mol. The first-order valence-electron chi connectivity index (χ1n) is 9.11. The Balaban J connectivity index is 2.35. The second-order valence-electron chi connectivity index (χ2n) is 6.07. The van der Waals surface area contributed by atoms with Crippen LogP contribution in [0.5, 0.6) is 0 Å². The minimum Gasteiger partial charge on any atom is -0.467 e. The van der Waals surface area contributed by atoms with E-state index in [1.54, 1.807) is 19.1 Å². The normalized spacial score (nSPS) is 17.7. The van der Waals surface area contributed by atoms with Gasteiger partial charge in [-0.15, -0.1) is 0 Å². The number of hydrogen-bond donors (Lipinski definition) is 4. The molecule has 0 bridgehead atoms. The lowest BCUT2D eigenvalue weighted by Gasteiger charge is -2.29. The summed E-state index contributed by atoms with van der Waals surface area (Å²) in [6.45, 7) is 7.44. The van der Waals surface area contributed by atoms with Crippen LogP contribution in [0.3, 0.4) is 0 Å². The van der Waals surface area contributed by atoms with Crippen molar-refractivity contribution in [2.75, 3.05) is 32.8 Å². The summed E-state index contributed by atoms with van der Waals surface area (Å²) in [6, 6.07) is 2.19. The van der Waals surface area contributed by atoms with Crippen LogP contribution in [0.4, 0.5) is 4.79 Å². The Labute approximate surface area is 158 Å². The van der Waals surface area contributed by atoms with Gasteiger partial charge in [0.1, 0.15) is 18.3 Å². The zero-order valence-corrected chi connectivity index (χ0v) is 15.9. The van der Waals surface area contributed by atoms with Gasteiger partial charge in [0.25, 0.3) is 5.91 Å². The Bertz CT molecular complexity index is 699. The number of hydrogen-bond acceptors (Lipinski definition) is 5. The Morgan fingerprint density at radius 1 is 1.33 bits per heavy atom. The number of esters is 1. The molecule has 1 aromatic heterocycles. The van der Waals surface area contributed by atoms with Crippen molar-refractivity contribution in [3.05, 3.63) is 35.4 Å². The van der Waals surface area contributed by atoms with E-state index in [1.165, 1.54) is 6.26 Å². The first kappa shape index (κ1) is 20.5. The number of ether oxygens (including phenoxy) is 1. The number of rotatable bonds is 9. The average molecular weight is 379 g/mol. The molecular formula is C18H27N4O5+. The standard InChI is InChI=1S/C18H26N4O5/c1-4-19-14(23)11-22(5-2)10-12-15(17(24)26-6-3)16(21-18(25)20-12)13-8-7-9-27-13/h7-9,16H,4-6,10-11H2,1-3H3,(H,19,23)(H2,20,21,25)/p+1/t16-/m1/s1. The number of amides is 3. The topological polar surface area (TPSA) is 114 Å². The quantitative estimate of drug-likeness (QED) is 0.432. The number of carbonyl (C=O) groups excluding carboxylic acids is 3. The molecule has 148 valence electrons. The van der Waals surface area contributed by atoms with Crippen LogP contribution in [-0.2, 0) is 14.3 Å². The maximum atomic E-state index is 12.6. The fraction of sp³-hybridized carbons (Fsp3) is 0.500. The van der Waals surface area contributed by atoms with Crippen LogP contribution in [0.15, 0.2) is 34.1 Å². The van der Waals surface area contributed by atoms with E-state index in [0.717, 1.165) is 4.90 Å². The van der Waals surface area contributed by atoms with Crippen LogP contribution in [-0.4, -0.2) is 50.7 Å². The third kappa shape index (κ3) is 5.33. The van der Waals surface area contributed by atoms with Gasteiger partial charge in [0.15, 0.2) is 6.54 Å². The molecule has 4 N–H and O–H groups in total. The number of quaternary nitrogens is 1. The maximum absolute atomic E-state index is 12.6. The van der Waals surface area contributed by atoms with Crippen LogP contribution in [0.2, 0.25) is 0 Å². The van der Waals surface area contributed by atoms with Gasteiger partial charge in [0, 0.05) is 6.54 Å². The highest BCUT2D eigenvalue weighted by molar-refractivity contribution is 5.95. The van der Waals surface area contributed by atoms with E-state index in [2.05, 4.69) is 16.0 Å². The van der Waals surface area contributed by atoms with Gasteiger partial charge in [-0.3, -0.25) is 4.79 Å². The average Bonchev–Trinajstić information content (AvgIpc) is 3.15. The summed E-state index contributed by atoms with van der Waals surface area (Å²) >= 11 is 0. The number of nitrogens with one attached hydrogen (secondary N) is 4. The van der Waals surface area contributed by atoms with Crippen molar-refractivity contribution < 1.29 is 28.4 Å². The van der Waals surface area contributed by atoms with E-state index < -0.39 is 18.0 Å². The van der Waals surface area contributed by atoms with Crippen LogP contribution in [0.1, 0.15) is 32.6 Å². The van der Waals surface area contributed by atoms with E-state index in [1.807, 2.05) is 13.8 Å². The number of furan rings is 1. The lowest BCUT2D eigenvalue weighted by atomic mass is 10.00. The Morgan fingerprint density at radius 3 is 2.70 bits per heavy atom. The van der Waals surface area contributed by atoms with Gasteiger partial charge >= 0.3 is 12.0 Å². The summed E-state index contributed by atoms with van der Waals surface area (Å²) in [5.74, 6) is -0.183. The van der Waals surface area contributed by atoms with Gasteiger partial charge in [0.05, 0.1) is 30.7 Å². The predicted molar refractivity (Wildman–Crippen MR) is 96.7 cm³/mol. The third-order valence-electron chi connectivity index (χ3n) is 4.19. The highest BCUT2D eigenvalue weighted by atomic mass is 16.5. The first-order valence-corrected chi connectivity index (χ1v) is 9.11. The van der Waals surface area contributed by atoms with Crippen molar-refractivity contribution >= 4 is 17.9 Å². The van der Waals surface area contributed by atoms with Gasteiger partial charge in [-0.2, -0.15) is 0 Å². The summed E-state index contributed by atoms with van der Waals surface area (Å²) in [5.41, 5.74) is 0.716. The molecule has 3 amide bonds. The molecule has 2 atom stereocenters. The summed E-state index contributed by atoms with van der Waals surface area (Å²) in [5, 5.41) is 8.16. The molecule has 9 nitrogen and oxygen atoms in total. The molecule has 0 saturated heterocycles. The molecule has 1 aliphatic heterocycles. The summed E-state index contributed by atoms with van der Waals surface area (Å²) in [4.78, 5) is 37.6. The molecule has 0 radical (unpaired) electrons. The van der Waals surface area contributed by atoms with Crippen LogP contribution < -0.4 is 20.9 Å². The van der Waals surface area contributed by atoms with Crippen molar-refractivity contribution in [1.82, 2.24) is 16.0 Å². The fourth-order valence-corrected chi connectivity index (χ4v) is 2.93. The van der Waals surface area contributed by atoms with Crippen molar-refractivity contribution in [1.29, 1.82) is 0 Å². The van der Waals surface area contributed by atoms with E-state index in [4.69, 9.17) is 9.15 Å². The molecule has 0 fully saturated rings. The minimum absolute atomic E-state index is 0.0875. The van der Waals surface area contributed by atoms with Crippen LogP contribution in [0.25, 0.3) is 0 Å². The Morgan fingerprint density at radius 2 is 2.11 bits per heavy atom. The Hall–Kier alpha value is -2.81. The molecule has 2 rings (SSSR count). The zero-order chi connectivity index (χ0) is 19.8. The fourth-order valence-electron chi connectivity index (χ4n) is 2.93. The van der Waals surface area contributed by atoms with E-state index in [-0.39, 0.29) is 24.6 Å². The first-order chi connectivity index (χ1) is 13.0. The second kappa shape index (κ2) is 9.77. The molecule has 0 spiro atoms. The zero-order valence-electron chi connectivity index (χ0n) is 15.9. The van der Waals surface area contributed by atoms with Gasteiger partial charge in [-0.1, -0.05) is 0 Å². The second-order valence-corrected chi connectivity index (χ2v) is 6.07. The predicted octanol–water partition coefficient (Wildman–Crippen LogP) is -0.508. The molecule has 1 aliphatic rings. The molecule has 9 heteroatoms.